The lowest BCUT2D eigenvalue weighted by molar-refractivity contribution is -0.129. The molecule has 0 heterocycles. The summed E-state index contributed by atoms with van der Waals surface area (Å²) < 4.78 is 21.3. The highest BCUT2D eigenvalue weighted by Gasteiger charge is 2.21. The molecule has 0 unspecified atom stereocenters. The van der Waals surface area contributed by atoms with Crippen LogP contribution < -0.4 is 43.8 Å². The van der Waals surface area contributed by atoms with E-state index in [4.69, 9.17) is 36.1 Å². The molecule has 0 saturated heterocycles. The van der Waals surface area contributed by atoms with Crippen LogP contribution in [0.15, 0.2) is 0 Å². The molecule has 19 nitrogen and oxygen atoms in total. The Balaban J connectivity index is 3.61. The van der Waals surface area contributed by atoms with Gasteiger partial charge in [0, 0.05) is 50.9 Å². The Labute approximate surface area is 331 Å². The average molecular weight is 803 g/mol. The Morgan fingerprint density at radius 1 is 0.482 bits per heavy atom. The van der Waals surface area contributed by atoms with Crippen molar-refractivity contribution in [1.82, 2.24) is 26.6 Å². The molecule has 0 radical (unpaired) electrons. The summed E-state index contributed by atoms with van der Waals surface area (Å²) in [6.45, 7) is 6.94. The van der Waals surface area contributed by atoms with Crippen molar-refractivity contribution in [2.45, 2.75) is 96.9 Å². The van der Waals surface area contributed by atoms with E-state index in [1.165, 1.54) is 0 Å². The number of rotatable bonds is 38. The van der Waals surface area contributed by atoms with Crippen molar-refractivity contribution < 1.29 is 52.5 Å². The SMILES string of the molecule is C[C@@H](CCCCNC(=O)COCCOCCNC(=O)COCCOCCNC(=O)CCCC(=O)NCCCC[C@H](C)C(=O)N[C@@H](CCCCN)C(N)=O)C(N)=O. The van der Waals surface area contributed by atoms with Crippen LogP contribution in [0.5, 0.6) is 0 Å². The van der Waals surface area contributed by atoms with Gasteiger partial charge < -0.3 is 62.7 Å². The van der Waals surface area contributed by atoms with Gasteiger partial charge in [-0.05, 0) is 57.9 Å². The molecular weight excluding hydrogens is 732 g/mol. The van der Waals surface area contributed by atoms with E-state index in [0.717, 1.165) is 25.7 Å². The number of carbonyl (C=O) groups is 7. The first kappa shape index (κ1) is 52.1. The zero-order chi connectivity index (χ0) is 41.8. The van der Waals surface area contributed by atoms with Crippen LogP contribution >= 0.6 is 0 Å². The molecule has 324 valence electrons. The van der Waals surface area contributed by atoms with Crippen molar-refractivity contribution in [3.63, 3.8) is 0 Å². The van der Waals surface area contributed by atoms with E-state index in [2.05, 4.69) is 26.6 Å². The smallest absolute Gasteiger partial charge is 0.246 e. The maximum Gasteiger partial charge on any atom is 0.246 e. The van der Waals surface area contributed by atoms with Crippen LogP contribution in [0.25, 0.3) is 0 Å². The molecule has 0 aromatic heterocycles. The second kappa shape index (κ2) is 35.5. The molecular formula is C37H70N8O11. The van der Waals surface area contributed by atoms with E-state index in [9.17, 15) is 33.6 Å². The molecule has 0 aliphatic heterocycles. The van der Waals surface area contributed by atoms with Gasteiger partial charge in [0.1, 0.15) is 19.3 Å². The summed E-state index contributed by atoms with van der Waals surface area (Å²) in [5.41, 5.74) is 16.1. The number of primary amides is 2. The minimum Gasteiger partial charge on any atom is -0.377 e. The van der Waals surface area contributed by atoms with Crippen molar-refractivity contribution in [1.29, 1.82) is 0 Å². The number of unbranched alkanes of at least 4 members (excludes halogenated alkanes) is 3. The van der Waals surface area contributed by atoms with Gasteiger partial charge in [0.15, 0.2) is 0 Å². The van der Waals surface area contributed by atoms with Gasteiger partial charge >= 0.3 is 0 Å². The molecule has 56 heavy (non-hydrogen) atoms. The average Bonchev–Trinajstić information content (AvgIpc) is 3.15. The van der Waals surface area contributed by atoms with Crippen LogP contribution in [0, 0.1) is 11.8 Å². The number of nitrogens with two attached hydrogens (primary N) is 3. The highest BCUT2D eigenvalue weighted by Crippen LogP contribution is 2.10. The van der Waals surface area contributed by atoms with Gasteiger partial charge in [-0.2, -0.15) is 0 Å². The lowest BCUT2D eigenvalue weighted by atomic mass is 10.0. The van der Waals surface area contributed by atoms with Gasteiger partial charge in [-0.3, -0.25) is 33.6 Å². The first-order valence-corrected chi connectivity index (χ1v) is 19.8. The van der Waals surface area contributed by atoms with Crippen molar-refractivity contribution in [3.8, 4) is 0 Å². The predicted molar refractivity (Wildman–Crippen MR) is 208 cm³/mol. The second-order valence-electron chi connectivity index (χ2n) is 13.5. The van der Waals surface area contributed by atoms with Crippen LogP contribution in [-0.4, -0.2) is 133 Å². The van der Waals surface area contributed by atoms with Gasteiger partial charge in [-0.1, -0.05) is 26.7 Å². The largest absolute Gasteiger partial charge is 0.377 e. The van der Waals surface area contributed by atoms with Gasteiger partial charge in [0.25, 0.3) is 0 Å². The van der Waals surface area contributed by atoms with E-state index in [0.29, 0.717) is 71.2 Å². The molecule has 0 fully saturated rings. The maximum atomic E-state index is 12.4. The minimum absolute atomic E-state index is 0.0778. The summed E-state index contributed by atoms with van der Waals surface area (Å²) in [5.74, 6) is -2.42. The number of nitrogens with one attached hydrogen (secondary N) is 5. The van der Waals surface area contributed by atoms with E-state index < -0.39 is 11.9 Å². The quantitative estimate of drug-likeness (QED) is 0.0345. The Kier molecular flexibility index (Phi) is 33.0. The minimum atomic E-state index is -0.700. The third-order valence-corrected chi connectivity index (χ3v) is 8.47. The number of hydrogen-bond acceptors (Lipinski definition) is 12. The molecule has 0 rings (SSSR count). The topological polar surface area (TPSA) is 295 Å². The number of hydrogen-bond donors (Lipinski definition) is 8. The molecule has 0 aromatic carbocycles. The second-order valence-corrected chi connectivity index (χ2v) is 13.5. The van der Waals surface area contributed by atoms with Crippen LogP contribution in [0.1, 0.15) is 90.9 Å². The third kappa shape index (κ3) is 32.3. The molecule has 3 atom stereocenters. The zero-order valence-corrected chi connectivity index (χ0v) is 33.6. The van der Waals surface area contributed by atoms with Crippen molar-refractivity contribution >= 4 is 41.4 Å². The Morgan fingerprint density at radius 2 is 0.929 bits per heavy atom. The molecule has 0 aliphatic rings. The van der Waals surface area contributed by atoms with E-state index in [1.54, 1.807) is 13.8 Å². The van der Waals surface area contributed by atoms with E-state index in [1.807, 2.05) is 0 Å². The van der Waals surface area contributed by atoms with E-state index in [-0.39, 0.29) is 113 Å². The van der Waals surface area contributed by atoms with Crippen LogP contribution in [0.4, 0.5) is 0 Å². The first-order chi connectivity index (χ1) is 26.9. The van der Waals surface area contributed by atoms with Crippen LogP contribution in [0.3, 0.4) is 0 Å². The predicted octanol–water partition coefficient (Wildman–Crippen LogP) is -1.11. The Morgan fingerprint density at radius 3 is 1.43 bits per heavy atom. The van der Waals surface area contributed by atoms with Gasteiger partial charge in [-0.25, -0.2) is 0 Å². The third-order valence-electron chi connectivity index (χ3n) is 8.47. The summed E-state index contributed by atoms with van der Waals surface area (Å²) in [5, 5.41) is 13.7. The fraction of sp³-hybridized carbons (Fsp3) is 0.811. The monoisotopic (exact) mass is 803 g/mol. The van der Waals surface area contributed by atoms with Crippen molar-refractivity contribution in [2.75, 3.05) is 85.6 Å². The molecule has 0 bridgehead atoms. The summed E-state index contributed by atoms with van der Waals surface area (Å²) in [6.07, 6.45) is 7.02. The highest BCUT2D eigenvalue weighted by atomic mass is 16.5. The summed E-state index contributed by atoms with van der Waals surface area (Å²) in [6, 6.07) is -0.700. The number of carbonyl (C=O) groups excluding carboxylic acids is 7. The normalized spacial score (nSPS) is 12.6. The maximum absolute atomic E-state index is 12.4. The zero-order valence-electron chi connectivity index (χ0n) is 33.6. The Bertz CT molecular complexity index is 1130. The van der Waals surface area contributed by atoms with Gasteiger partial charge in [-0.15, -0.1) is 0 Å². The van der Waals surface area contributed by atoms with Gasteiger partial charge in [0.2, 0.25) is 41.4 Å². The summed E-state index contributed by atoms with van der Waals surface area (Å²) >= 11 is 0. The fourth-order valence-electron chi connectivity index (χ4n) is 4.96. The highest BCUT2D eigenvalue weighted by molar-refractivity contribution is 5.87. The fourth-order valence-corrected chi connectivity index (χ4v) is 4.96. The lowest BCUT2D eigenvalue weighted by Crippen LogP contribution is -2.46. The summed E-state index contributed by atoms with van der Waals surface area (Å²) in [4.78, 5) is 82.7. The lowest BCUT2D eigenvalue weighted by Gasteiger charge is -2.18. The number of ether oxygens (including phenoxy) is 4. The van der Waals surface area contributed by atoms with Crippen molar-refractivity contribution in [2.24, 2.45) is 29.0 Å². The Hall–Kier alpha value is -3.91. The summed E-state index contributed by atoms with van der Waals surface area (Å²) in [7, 11) is 0. The van der Waals surface area contributed by atoms with Crippen LogP contribution in [0.2, 0.25) is 0 Å². The standard InChI is InChI=1S/C37H70N8O11/c1-28(35(39)50)10-4-7-17-42-33(48)26-55-24-23-54-21-19-44-34(49)27-56-25-22-53-20-18-43-32(47)14-9-13-31(46)41-16-8-5-11-29(2)37(52)45-30(36(40)51)12-3-6-15-38/h28-30H,3-27,38H2,1-2H3,(H2,39,50)(H2,40,51)(H,41,46)(H,42,48)(H,43,47)(H,44,49)(H,45,52)/t28-,29-,30-/m0/s1. The van der Waals surface area contributed by atoms with Crippen molar-refractivity contribution in [3.05, 3.63) is 0 Å². The van der Waals surface area contributed by atoms with Crippen LogP contribution in [-0.2, 0) is 52.5 Å². The first-order valence-electron chi connectivity index (χ1n) is 19.8. The molecule has 0 aliphatic carbocycles. The molecule has 19 heteroatoms. The van der Waals surface area contributed by atoms with E-state index >= 15 is 0 Å². The molecule has 0 aromatic rings. The molecule has 7 amide bonds. The molecule has 11 N–H and O–H groups in total. The van der Waals surface area contributed by atoms with Gasteiger partial charge in [0.05, 0.1) is 39.6 Å². The molecule has 0 spiro atoms. The number of amides is 7. The molecule has 0 saturated carbocycles.